The molecule has 1 aromatic heterocycles. The SMILES string of the molecule is C#C.CC(C)(Oc1ccc(CCCc2ccc(-c3ccc(C(F)(F)F)cc3)s2)c(Cl)c1Cl)C(=O)O.OCc1ccccc1. The molecule has 0 radical (unpaired) electrons. The molecule has 0 amide bonds. The van der Waals surface area contributed by atoms with Gasteiger partial charge in [-0.15, -0.1) is 24.2 Å². The van der Waals surface area contributed by atoms with E-state index in [0.717, 1.165) is 51.4 Å². The highest BCUT2D eigenvalue weighted by Crippen LogP contribution is 2.38. The second-order valence-electron chi connectivity index (χ2n) is 9.61. The molecule has 0 atom stereocenters. The number of benzene rings is 3. The number of terminal acetylenes is 1. The lowest BCUT2D eigenvalue weighted by molar-refractivity contribution is -0.152. The van der Waals surface area contributed by atoms with E-state index in [4.69, 9.17) is 33.0 Å². The van der Waals surface area contributed by atoms with Gasteiger partial charge in [0.25, 0.3) is 0 Å². The average molecular weight is 652 g/mol. The summed E-state index contributed by atoms with van der Waals surface area (Å²) in [6, 6.07) is 21.9. The van der Waals surface area contributed by atoms with Gasteiger partial charge in [0, 0.05) is 9.75 Å². The number of aryl methyl sites for hydroxylation is 2. The van der Waals surface area contributed by atoms with Crippen LogP contribution in [-0.2, 0) is 30.4 Å². The summed E-state index contributed by atoms with van der Waals surface area (Å²) in [5.41, 5.74) is 0.419. The average Bonchev–Trinajstić information content (AvgIpc) is 3.47. The van der Waals surface area contributed by atoms with E-state index in [0.29, 0.717) is 11.4 Å². The van der Waals surface area contributed by atoms with E-state index in [1.807, 2.05) is 42.5 Å². The molecular weight excluding hydrogens is 620 g/mol. The quantitative estimate of drug-likeness (QED) is 0.177. The Morgan fingerprint density at radius 2 is 1.51 bits per heavy atom. The lowest BCUT2D eigenvalue weighted by atomic mass is 10.1. The first-order chi connectivity index (χ1) is 20.3. The van der Waals surface area contributed by atoms with Crippen molar-refractivity contribution in [2.75, 3.05) is 0 Å². The summed E-state index contributed by atoms with van der Waals surface area (Å²) in [4.78, 5) is 13.3. The maximum Gasteiger partial charge on any atom is 0.416 e. The van der Waals surface area contributed by atoms with Crippen LogP contribution in [0.1, 0.15) is 41.8 Å². The zero-order valence-electron chi connectivity index (χ0n) is 23.5. The summed E-state index contributed by atoms with van der Waals surface area (Å²) in [5.74, 6) is -0.914. The second kappa shape index (κ2) is 16.4. The highest BCUT2D eigenvalue weighted by Gasteiger charge is 2.31. The minimum Gasteiger partial charge on any atom is -0.478 e. The Balaban J connectivity index is 0.000000550. The number of halogens is 5. The topological polar surface area (TPSA) is 66.8 Å². The lowest BCUT2D eigenvalue weighted by Gasteiger charge is -2.23. The Hall–Kier alpha value is -3.48. The van der Waals surface area contributed by atoms with E-state index in [1.165, 1.54) is 37.3 Å². The molecule has 4 aromatic rings. The Morgan fingerprint density at radius 3 is 2.05 bits per heavy atom. The highest BCUT2D eigenvalue weighted by atomic mass is 35.5. The number of hydrogen-bond acceptors (Lipinski definition) is 4. The molecular formula is C33H31Cl2F3O4S. The first-order valence-electron chi connectivity index (χ1n) is 13.0. The van der Waals surface area contributed by atoms with Crippen molar-refractivity contribution < 1.29 is 32.9 Å². The number of aliphatic carboxylic acids is 1. The maximum atomic E-state index is 12.7. The molecule has 1 heterocycles. The molecule has 0 aliphatic rings. The molecule has 0 aliphatic carbocycles. The summed E-state index contributed by atoms with van der Waals surface area (Å²) in [5, 5.41) is 18.2. The number of carbonyl (C=O) groups is 1. The van der Waals surface area contributed by atoms with Crippen LogP contribution in [0.5, 0.6) is 5.75 Å². The predicted molar refractivity (Wildman–Crippen MR) is 168 cm³/mol. The van der Waals surface area contributed by atoms with Gasteiger partial charge in [0.2, 0.25) is 0 Å². The highest BCUT2D eigenvalue weighted by molar-refractivity contribution is 7.15. The van der Waals surface area contributed by atoms with Crippen LogP contribution < -0.4 is 4.74 Å². The number of carboxylic acids is 1. The number of ether oxygens (including phenoxy) is 1. The van der Waals surface area contributed by atoms with Crippen molar-refractivity contribution in [3.05, 3.63) is 110 Å². The zero-order valence-corrected chi connectivity index (χ0v) is 25.8. The van der Waals surface area contributed by atoms with Crippen LogP contribution in [0, 0.1) is 12.8 Å². The molecule has 0 aliphatic heterocycles. The van der Waals surface area contributed by atoms with Crippen molar-refractivity contribution >= 4 is 40.5 Å². The predicted octanol–water partition coefficient (Wildman–Crippen LogP) is 9.59. The first kappa shape index (κ1) is 35.7. The van der Waals surface area contributed by atoms with E-state index in [9.17, 15) is 23.1 Å². The molecule has 228 valence electrons. The maximum absolute atomic E-state index is 12.7. The molecule has 3 aromatic carbocycles. The number of carboxylic acid groups (broad SMARTS) is 1. The summed E-state index contributed by atoms with van der Waals surface area (Å²) in [7, 11) is 0. The van der Waals surface area contributed by atoms with Gasteiger partial charge in [-0.1, -0.05) is 71.7 Å². The third kappa shape index (κ3) is 10.6. The van der Waals surface area contributed by atoms with Gasteiger partial charge < -0.3 is 14.9 Å². The summed E-state index contributed by atoms with van der Waals surface area (Å²) in [6.07, 6.45) is 5.85. The van der Waals surface area contributed by atoms with Crippen LogP contribution in [0.3, 0.4) is 0 Å². The smallest absolute Gasteiger partial charge is 0.416 e. The Labute approximate surface area is 263 Å². The zero-order chi connectivity index (χ0) is 32.2. The summed E-state index contributed by atoms with van der Waals surface area (Å²) < 4.78 is 43.7. The van der Waals surface area contributed by atoms with E-state index in [-0.39, 0.29) is 17.4 Å². The molecule has 4 rings (SSSR count). The lowest BCUT2D eigenvalue weighted by Crippen LogP contribution is -2.38. The van der Waals surface area contributed by atoms with Crippen LogP contribution in [0.4, 0.5) is 13.2 Å². The molecule has 2 N–H and O–H groups in total. The molecule has 0 bridgehead atoms. The van der Waals surface area contributed by atoms with Crippen molar-refractivity contribution in [2.24, 2.45) is 0 Å². The normalized spacial score (nSPS) is 11.0. The van der Waals surface area contributed by atoms with E-state index >= 15 is 0 Å². The number of hydrogen-bond donors (Lipinski definition) is 2. The Morgan fingerprint density at radius 1 is 0.884 bits per heavy atom. The van der Waals surface area contributed by atoms with Crippen molar-refractivity contribution in [1.82, 2.24) is 0 Å². The van der Waals surface area contributed by atoms with E-state index in [2.05, 4.69) is 12.8 Å². The van der Waals surface area contributed by atoms with Crippen LogP contribution in [-0.4, -0.2) is 21.8 Å². The van der Waals surface area contributed by atoms with Gasteiger partial charge in [-0.2, -0.15) is 13.2 Å². The van der Waals surface area contributed by atoms with Crippen LogP contribution in [0.2, 0.25) is 10.0 Å². The van der Waals surface area contributed by atoms with Gasteiger partial charge in [0.1, 0.15) is 10.8 Å². The fourth-order valence-electron chi connectivity index (χ4n) is 3.69. The Kier molecular flexibility index (Phi) is 13.6. The minimum absolute atomic E-state index is 0.140. The van der Waals surface area contributed by atoms with E-state index < -0.39 is 23.3 Å². The van der Waals surface area contributed by atoms with Gasteiger partial charge in [-0.3, -0.25) is 0 Å². The fourth-order valence-corrected chi connectivity index (χ4v) is 5.22. The Bertz CT molecular complexity index is 1480. The molecule has 0 saturated carbocycles. The molecule has 43 heavy (non-hydrogen) atoms. The van der Waals surface area contributed by atoms with Crippen LogP contribution >= 0.6 is 34.5 Å². The van der Waals surface area contributed by atoms with Gasteiger partial charge in [0.05, 0.1) is 17.2 Å². The molecule has 10 heteroatoms. The largest absolute Gasteiger partial charge is 0.478 e. The van der Waals surface area contributed by atoms with Crippen LogP contribution in [0.15, 0.2) is 78.9 Å². The second-order valence-corrected chi connectivity index (χ2v) is 11.5. The van der Waals surface area contributed by atoms with Gasteiger partial charge >= 0.3 is 12.1 Å². The molecule has 0 saturated heterocycles. The summed E-state index contributed by atoms with van der Waals surface area (Å²) in [6.45, 7) is 2.99. The molecule has 4 nitrogen and oxygen atoms in total. The number of thiophene rings is 1. The third-order valence-corrected chi connectivity index (χ3v) is 8.16. The van der Waals surface area contributed by atoms with Gasteiger partial charge in [-0.05, 0) is 80.1 Å². The number of alkyl halides is 3. The first-order valence-corrected chi connectivity index (χ1v) is 14.5. The minimum atomic E-state index is -4.35. The monoisotopic (exact) mass is 650 g/mol. The van der Waals surface area contributed by atoms with Crippen molar-refractivity contribution in [3.63, 3.8) is 0 Å². The standard InChI is InChI=1S/C24H21Cl2F3O3S.C7H8O.C2H2/c1-23(2,22(30)31)32-18-12-8-15(20(25)21(18)26)4-3-5-17-11-13-19(33-17)14-6-9-16(10-7-14)24(27,28)29;8-6-7-4-2-1-3-5-7;1-2/h6-13H,3-5H2,1-2H3,(H,30,31);1-5,8H,6H2;1-2H. The van der Waals surface area contributed by atoms with Crippen molar-refractivity contribution in [3.8, 4) is 29.0 Å². The summed E-state index contributed by atoms with van der Waals surface area (Å²) >= 11 is 14.2. The number of aliphatic hydroxyl groups is 1. The number of aliphatic hydroxyl groups excluding tert-OH is 1. The van der Waals surface area contributed by atoms with Crippen molar-refractivity contribution in [2.45, 2.75) is 51.5 Å². The van der Waals surface area contributed by atoms with E-state index in [1.54, 1.807) is 12.1 Å². The molecule has 0 spiro atoms. The fraction of sp³-hybridized carbons (Fsp3) is 0.242. The number of rotatable bonds is 9. The van der Waals surface area contributed by atoms with Crippen molar-refractivity contribution in [1.29, 1.82) is 0 Å². The van der Waals surface area contributed by atoms with Gasteiger partial charge in [0.15, 0.2) is 5.60 Å². The molecule has 0 fully saturated rings. The molecule has 0 unspecified atom stereocenters. The van der Waals surface area contributed by atoms with Gasteiger partial charge in [-0.25, -0.2) is 4.79 Å². The third-order valence-electron chi connectivity index (χ3n) is 6.06. The van der Waals surface area contributed by atoms with Crippen LogP contribution in [0.25, 0.3) is 10.4 Å².